The average molecular weight is 230 g/mol. The van der Waals surface area contributed by atoms with Crippen LogP contribution in [0.15, 0.2) is 0 Å². The fourth-order valence-electron chi connectivity index (χ4n) is 1.87. The lowest BCUT2D eigenvalue weighted by molar-refractivity contribution is 0.0361. The Morgan fingerprint density at radius 2 is 2.06 bits per heavy atom. The quantitative estimate of drug-likeness (QED) is 0.691. The Labute approximate surface area is 96.8 Å². The van der Waals surface area contributed by atoms with Crippen molar-refractivity contribution in [3.8, 4) is 0 Å². The zero-order chi connectivity index (χ0) is 12.3. The minimum atomic E-state index is -0.483. The number of carbonyl (C=O) groups excluding carboxylic acids is 1. The second-order valence-corrected chi connectivity index (χ2v) is 5.45. The molecular formula is C11H22N2O3. The number of likely N-dealkylation sites (N-methyl/N-ethyl adjacent to an activating group) is 1. The van der Waals surface area contributed by atoms with Crippen molar-refractivity contribution in [2.24, 2.45) is 0 Å². The van der Waals surface area contributed by atoms with Crippen molar-refractivity contribution in [3.05, 3.63) is 0 Å². The Balaban J connectivity index is 2.39. The van der Waals surface area contributed by atoms with Gasteiger partial charge in [-0.1, -0.05) is 0 Å². The molecule has 1 heterocycles. The van der Waals surface area contributed by atoms with Gasteiger partial charge in [-0.05, 0) is 34.2 Å². The molecule has 2 atom stereocenters. The summed E-state index contributed by atoms with van der Waals surface area (Å²) in [5, 5.41) is 12.3. The monoisotopic (exact) mass is 230 g/mol. The van der Waals surface area contributed by atoms with Gasteiger partial charge in [-0.15, -0.1) is 0 Å². The van der Waals surface area contributed by atoms with Gasteiger partial charge in [0.25, 0.3) is 0 Å². The Bertz CT molecular complexity index is 240. The predicted molar refractivity (Wildman–Crippen MR) is 61.3 cm³/mol. The first kappa shape index (κ1) is 13.3. The standard InChI is InChI=1S/C11H22N2O3/c1-11(2,3)16-10(15)12-8-5-9(14)7-13(4)6-8/h8-9,14H,5-7H2,1-4H3,(H,12,15). The maximum absolute atomic E-state index is 11.5. The van der Waals surface area contributed by atoms with Crippen LogP contribution in [0.3, 0.4) is 0 Å². The molecule has 5 heteroatoms. The highest BCUT2D eigenvalue weighted by Gasteiger charge is 2.26. The van der Waals surface area contributed by atoms with Gasteiger partial charge in [0.1, 0.15) is 5.60 Å². The largest absolute Gasteiger partial charge is 0.444 e. The number of hydrogen-bond donors (Lipinski definition) is 2. The third-order valence-corrected chi connectivity index (χ3v) is 2.33. The molecule has 94 valence electrons. The molecule has 0 bridgehead atoms. The van der Waals surface area contributed by atoms with Crippen LogP contribution >= 0.6 is 0 Å². The third-order valence-electron chi connectivity index (χ3n) is 2.33. The second-order valence-electron chi connectivity index (χ2n) is 5.45. The van der Waals surface area contributed by atoms with E-state index in [0.717, 1.165) is 6.54 Å². The van der Waals surface area contributed by atoms with Crippen molar-refractivity contribution in [2.45, 2.75) is 44.9 Å². The van der Waals surface area contributed by atoms with Gasteiger partial charge < -0.3 is 20.1 Å². The summed E-state index contributed by atoms with van der Waals surface area (Å²) in [6, 6.07) is -0.0383. The lowest BCUT2D eigenvalue weighted by Crippen LogP contribution is -2.52. The molecule has 1 fully saturated rings. The van der Waals surface area contributed by atoms with Gasteiger partial charge in [-0.2, -0.15) is 0 Å². The van der Waals surface area contributed by atoms with Crippen LogP contribution in [-0.4, -0.2) is 54.0 Å². The first-order chi connectivity index (χ1) is 7.26. The summed E-state index contributed by atoms with van der Waals surface area (Å²) < 4.78 is 5.16. The van der Waals surface area contributed by atoms with Crippen molar-refractivity contribution in [2.75, 3.05) is 20.1 Å². The van der Waals surface area contributed by atoms with E-state index in [0.29, 0.717) is 13.0 Å². The number of piperidine rings is 1. The number of nitrogens with one attached hydrogen (secondary N) is 1. The number of hydrogen-bond acceptors (Lipinski definition) is 4. The summed E-state index contributed by atoms with van der Waals surface area (Å²) in [4.78, 5) is 13.5. The number of aliphatic hydroxyl groups excluding tert-OH is 1. The summed E-state index contributed by atoms with van der Waals surface area (Å²) in [5.74, 6) is 0. The molecule has 1 rings (SSSR count). The van der Waals surface area contributed by atoms with Crippen molar-refractivity contribution < 1.29 is 14.6 Å². The number of alkyl carbamates (subject to hydrolysis) is 1. The van der Waals surface area contributed by atoms with Crippen molar-refractivity contribution in [3.63, 3.8) is 0 Å². The molecular weight excluding hydrogens is 208 g/mol. The van der Waals surface area contributed by atoms with Gasteiger partial charge in [-0.25, -0.2) is 4.79 Å². The summed E-state index contributed by atoms with van der Waals surface area (Å²) in [6.07, 6.45) is -0.206. The van der Waals surface area contributed by atoms with Crippen LogP contribution in [0.4, 0.5) is 4.79 Å². The zero-order valence-corrected chi connectivity index (χ0v) is 10.5. The smallest absolute Gasteiger partial charge is 0.407 e. The van der Waals surface area contributed by atoms with Crippen LogP contribution in [-0.2, 0) is 4.74 Å². The van der Waals surface area contributed by atoms with E-state index in [4.69, 9.17) is 4.74 Å². The molecule has 1 aliphatic heterocycles. The van der Waals surface area contributed by atoms with Crippen LogP contribution in [0.25, 0.3) is 0 Å². The van der Waals surface area contributed by atoms with E-state index in [9.17, 15) is 9.90 Å². The Morgan fingerprint density at radius 3 is 2.56 bits per heavy atom. The Kier molecular flexibility index (Phi) is 4.15. The van der Waals surface area contributed by atoms with Crippen molar-refractivity contribution in [1.82, 2.24) is 10.2 Å². The molecule has 1 aliphatic rings. The van der Waals surface area contributed by atoms with E-state index in [-0.39, 0.29) is 12.1 Å². The van der Waals surface area contributed by atoms with E-state index >= 15 is 0 Å². The van der Waals surface area contributed by atoms with Gasteiger partial charge in [0.05, 0.1) is 6.10 Å². The van der Waals surface area contributed by atoms with E-state index in [1.165, 1.54) is 0 Å². The topological polar surface area (TPSA) is 61.8 Å². The van der Waals surface area contributed by atoms with Crippen LogP contribution in [0.2, 0.25) is 0 Å². The minimum Gasteiger partial charge on any atom is -0.444 e. The Hall–Kier alpha value is -0.810. The molecule has 5 nitrogen and oxygen atoms in total. The molecule has 0 aromatic heterocycles. The van der Waals surface area contributed by atoms with Gasteiger partial charge in [-0.3, -0.25) is 0 Å². The van der Waals surface area contributed by atoms with Crippen LogP contribution in [0.5, 0.6) is 0 Å². The average Bonchev–Trinajstić information content (AvgIpc) is 1.96. The van der Waals surface area contributed by atoms with Gasteiger partial charge in [0.2, 0.25) is 0 Å². The minimum absolute atomic E-state index is 0.0383. The zero-order valence-electron chi connectivity index (χ0n) is 10.5. The van der Waals surface area contributed by atoms with Gasteiger partial charge in [0.15, 0.2) is 0 Å². The van der Waals surface area contributed by atoms with Crippen LogP contribution in [0.1, 0.15) is 27.2 Å². The van der Waals surface area contributed by atoms with Crippen molar-refractivity contribution in [1.29, 1.82) is 0 Å². The SMILES string of the molecule is CN1CC(O)CC(NC(=O)OC(C)(C)C)C1. The summed E-state index contributed by atoms with van der Waals surface area (Å²) in [7, 11) is 1.92. The number of likely N-dealkylation sites (tertiary alicyclic amines) is 1. The van der Waals surface area contributed by atoms with Crippen LogP contribution in [0, 0.1) is 0 Å². The molecule has 2 N–H and O–H groups in total. The highest BCUT2D eigenvalue weighted by molar-refractivity contribution is 5.68. The number of nitrogens with zero attached hydrogens (tertiary/aromatic N) is 1. The molecule has 1 saturated heterocycles. The maximum Gasteiger partial charge on any atom is 0.407 e. The molecule has 0 radical (unpaired) electrons. The van der Waals surface area contributed by atoms with Gasteiger partial charge in [0, 0.05) is 19.1 Å². The fraction of sp³-hybridized carbons (Fsp3) is 0.909. The normalized spacial score (nSPS) is 27.6. The molecule has 1 amide bonds. The van der Waals surface area contributed by atoms with E-state index in [2.05, 4.69) is 5.32 Å². The molecule has 0 aliphatic carbocycles. The molecule has 0 aromatic carbocycles. The lowest BCUT2D eigenvalue weighted by Gasteiger charge is -2.33. The number of carbonyl (C=O) groups is 1. The summed E-state index contributed by atoms with van der Waals surface area (Å²) in [6.45, 7) is 6.89. The maximum atomic E-state index is 11.5. The molecule has 2 unspecified atom stereocenters. The first-order valence-corrected chi connectivity index (χ1v) is 5.62. The number of amides is 1. The molecule has 0 spiro atoms. The fourth-order valence-corrected chi connectivity index (χ4v) is 1.87. The number of rotatable bonds is 1. The third kappa shape index (κ3) is 4.81. The van der Waals surface area contributed by atoms with Crippen LogP contribution < -0.4 is 5.32 Å². The van der Waals surface area contributed by atoms with Gasteiger partial charge >= 0.3 is 6.09 Å². The molecule has 0 saturated carbocycles. The number of ether oxygens (including phenoxy) is 1. The van der Waals surface area contributed by atoms with Crippen molar-refractivity contribution >= 4 is 6.09 Å². The summed E-state index contributed by atoms with van der Waals surface area (Å²) in [5.41, 5.74) is -0.483. The lowest BCUT2D eigenvalue weighted by atomic mass is 10.0. The highest BCUT2D eigenvalue weighted by Crippen LogP contribution is 2.11. The van der Waals surface area contributed by atoms with E-state index < -0.39 is 11.7 Å². The van der Waals surface area contributed by atoms with E-state index in [1.807, 2.05) is 32.7 Å². The summed E-state index contributed by atoms with van der Waals surface area (Å²) >= 11 is 0. The predicted octanol–water partition coefficient (Wildman–Crippen LogP) is 0.576. The highest BCUT2D eigenvalue weighted by atomic mass is 16.6. The Morgan fingerprint density at radius 1 is 1.44 bits per heavy atom. The molecule has 16 heavy (non-hydrogen) atoms. The number of β-amino-alcohol motifs (C(OH)–C–C–N with tert-alkyl or cyclic N) is 1. The van der Waals surface area contributed by atoms with E-state index in [1.54, 1.807) is 0 Å². The molecule has 0 aromatic rings. The number of aliphatic hydroxyl groups is 1. The second kappa shape index (κ2) is 5.01. The first-order valence-electron chi connectivity index (χ1n) is 5.62.